The van der Waals surface area contributed by atoms with E-state index < -0.39 is 11.9 Å². The highest BCUT2D eigenvalue weighted by atomic mass is 32.2. The second-order valence-electron chi connectivity index (χ2n) is 8.56. The molecule has 1 saturated heterocycles. The molecule has 4 rings (SSSR count). The molecule has 0 bridgehead atoms. The van der Waals surface area contributed by atoms with Crippen LogP contribution in [0.3, 0.4) is 0 Å². The molecule has 39 heavy (non-hydrogen) atoms. The number of aryl methyl sites for hydroxylation is 2. The number of nitrogens with one attached hydrogen (secondary N) is 1. The molecule has 3 aromatic rings. The lowest BCUT2D eigenvalue weighted by Crippen LogP contribution is -2.29. The standard InChI is InChI=1S/C26H23F3N6O2S2/c1-4-34-12-17(11-31-34)13-35-24(36)20(32-25(35)38)9-16-5-6-21(37-3)18(8-16)14-39-23-19(10-30)15(2)7-22(33-23)26(27,28)29/h5-9,11-12H,4,13-14H2,1-3H3,(H,32,38)/b20-9+. The van der Waals surface area contributed by atoms with Gasteiger partial charge in [-0.1, -0.05) is 6.07 Å². The highest BCUT2D eigenvalue weighted by Crippen LogP contribution is 2.35. The van der Waals surface area contributed by atoms with E-state index in [1.807, 2.05) is 19.2 Å². The predicted octanol–water partition coefficient (Wildman–Crippen LogP) is 5.06. The lowest BCUT2D eigenvalue weighted by Gasteiger charge is -2.13. The first-order valence-electron chi connectivity index (χ1n) is 11.7. The van der Waals surface area contributed by atoms with Crippen LogP contribution >= 0.6 is 24.0 Å². The number of nitriles is 1. The average molecular weight is 573 g/mol. The summed E-state index contributed by atoms with van der Waals surface area (Å²) >= 11 is 6.37. The third kappa shape index (κ3) is 6.23. The van der Waals surface area contributed by atoms with Crippen LogP contribution in [0.5, 0.6) is 5.75 Å². The van der Waals surface area contributed by atoms with Gasteiger partial charge in [-0.3, -0.25) is 14.4 Å². The Morgan fingerprint density at radius 2 is 2.08 bits per heavy atom. The van der Waals surface area contributed by atoms with Gasteiger partial charge in [0, 0.05) is 29.6 Å². The first kappa shape index (κ1) is 28.1. The maximum atomic E-state index is 13.3. The van der Waals surface area contributed by atoms with E-state index in [9.17, 15) is 23.2 Å². The number of ether oxygens (including phenoxy) is 1. The van der Waals surface area contributed by atoms with Gasteiger partial charge in [0.15, 0.2) is 5.11 Å². The third-order valence-corrected chi connectivity index (χ3v) is 7.23. The molecule has 1 N–H and O–H groups in total. The number of hydrogen-bond acceptors (Lipinski definition) is 7. The van der Waals surface area contributed by atoms with Crippen LogP contribution in [0.25, 0.3) is 6.08 Å². The number of alkyl halides is 3. The number of carbonyl (C=O) groups excluding carboxylic acids is 1. The van der Waals surface area contributed by atoms with Crippen molar-refractivity contribution in [3.8, 4) is 11.8 Å². The van der Waals surface area contributed by atoms with Gasteiger partial charge >= 0.3 is 6.18 Å². The van der Waals surface area contributed by atoms with Crippen molar-refractivity contribution < 1.29 is 22.7 Å². The Kier molecular flexibility index (Phi) is 8.27. The lowest BCUT2D eigenvalue weighted by atomic mass is 10.1. The summed E-state index contributed by atoms with van der Waals surface area (Å²) in [5.74, 6) is 0.386. The molecule has 1 amide bonds. The Hall–Kier alpha value is -3.89. The van der Waals surface area contributed by atoms with Crippen LogP contribution in [0, 0.1) is 18.3 Å². The van der Waals surface area contributed by atoms with E-state index in [4.69, 9.17) is 17.0 Å². The fourth-order valence-corrected chi connectivity index (χ4v) is 5.19. The van der Waals surface area contributed by atoms with Gasteiger partial charge in [0.2, 0.25) is 0 Å². The Morgan fingerprint density at radius 1 is 1.31 bits per heavy atom. The summed E-state index contributed by atoms with van der Waals surface area (Å²) in [6.07, 6.45) is 0.547. The molecule has 13 heteroatoms. The van der Waals surface area contributed by atoms with Crippen molar-refractivity contribution in [2.45, 2.75) is 43.9 Å². The monoisotopic (exact) mass is 572 g/mol. The first-order chi connectivity index (χ1) is 18.5. The van der Waals surface area contributed by atoms with Crippen molar-refractivity contribution in [2.24, 2.45) is 0 Å². The summed E-state index contributed by atoms with van der Waals surface area (Å²) in [6, 6.07) is 8.02. The van der Waals surface area contributed by atoms with Crippen LogP contribution < -0.4 is 10.1 Å². The molecule has 1 aromatic carbocycles. The fraction of sp³-hybridized carbons (Fsp3) is 0.269. The van der Waals surface area contributed by atoms with Crippen molar-refractivity contribution in [1.29, 1.82) is 5.26 Å². The average Bonchev–Trinajstić information content (AvgIpc) is 3.46. The van der Waals surface area contributed by atoms with E-state index in [2.05, 4.69) is 15.4 Å². The van der Waals surface area contributed by atoms with Gasteiger partial charge < -0.3 is 10.1 Å². The normalized spacial score (nSPS) is 14.6. The number of rotatable bonds is 8. The van der Waals surface area contributed by atoms with Crippen molar-refractivity contribution in [2.75, 3.05) is 7.11 Å². The second-order valence-corrected chi connectivity index (χ2v) is 9.91. The maximum Gasteiger partial charge on any atom is 0.433 e. The molecular weight excluding hydrogens is 549 g/mol. The fourth-order valence-electron chi connectivity index (χ4n) is 3.90. The van der Waals surface area contributed by atoms with E-state index in [0.717, 1.165) is 23.4 Å². The summed E-state index contributed by atoms with van der Waals surface area (Å²) in [5.41, 5.74) is 1.66. The van der Waals surface area contributed by atoms with Crippen LogP contribution in [0.2, 0.25) is 0 Å². The van der Waals surface area contributed by atoms with Gasteiger partial charge in [0.25, 0.3) is 5.91 Å². The van der Waals surface area contributed by atoms with Gasteiger partial charge in [0.05, 0.1) is 25.4 Å². The molecule has 0 spiro atoms. The van der Waals surface area contributed by atoms with Crippen LogP contribution in [-0.4, -0.2) is 37.8 Å². The summed E-state index contributed by atoms with van der Waals surface area (Å²) in [7, 11) is 1.48. The van der Waals surface area contributed by atoms with Crippen LogP contribution in [0.4, 0.5) is 13.2 Å². The number of carbonyl (C=O) groups is 1. The van der Waals surface area contributed by atoms with Crippen LogP contribution in [0.15, 0.2) is 47.4 Å². The minimum absolute atomic E-state index is 0.0179. The van der Waals surface area contributed by atoms with E-state index in [0.29, 0.717) is 23.4 Å². The Bertz CT molecular complexity index is 1510. The highest BCUT2D eigenvalue weighted by molar-refractivity contribution is 7.98. The highest BCUT2D eigenvalue weighted by Gasteiger charge is 2.34. The molecule has 0 unspecified atom stereocenters. The van der Waals surface area contributed by atoms with E-state index in [1.165, 1.54) is 18.9 Å². The van der Waals surface area contributed by atoms with Crippen molar-refractivity contribution >= 4 is 41.1 Å². The van der Waals surface area contributed by atoms with Gasteiger partial charge in [0.1, 0.15) is 28.2 Å². The van der Waals surface area contributed by atoms with Crippen LogP contribution in [0.1, 0.15) is 40.4 Å². The lowest BCUT2D eigenvalue weighted by molar-refractivity contribution is -0.141. The number of thiocarbonyl (C=S) groups is 1. The predicted molar refractivity (Wildman–Crippen MR) is 143 cm³/mol. The number of nitrogens with zero attached hydrogens (tertiary/aromatic N) is 5. The molecular formula is C26H23F3N6O2S2. The van der Waals surface area contributed by atoms with Crippen molar-refractivity contribution in [1.82, 2.24) is 25.0 Å². The molecule has 0 saturated carbocycles. The molecule has 3 heterocycles. The van der Waals surface area contributed by atoms with Crippen LogP contribution in [-0.2, 0) is 29.8 Å². The number of hydrogen-bond donors (Lipinski definition) is 1. The van der Waals surface area contributed by atoms with E-state index >= 15 is 0 Å². The number of methoxy groups -OCH3 is 1. The molecule has 1 fully saturated rings. The molecule has 0 atom stereocenters. The van der Waals surface area contributed by atoms with E-state index in [1.54, 1.807) is 35.2 Å². The Morgan fingerprint density at radius 3 is 2.72 bits per heavy atom. The molecule has 1 aliphatic heterocycles. The SMILES string of the molecule is CCn1cc(CN2C(=O)/C(=C\c3ccc(OC)c(CSc4nc(C(F)(F)F)cc(C)c4C#N)c3)NC2=S)cn1. The largest absolute Gasteiger partial charge is 0.496 e. The Labute approximate surface area is 232 Å². The zero-order chi connectivity index (χ0) is 28.3. The van der Waals surface area contributed by atoms with Crippen molar-refractivity contribution in [3.05, 3.63) is 75.9 Å². The molecule has 8 nitrogen and oxygen atoms in total. The zero-order valence-corrected chi connectivity index (χ0v) is 22.8. The molecule has 202 valence electrons. The molecule has 0 radical (unpaired) electrons. The topological polar surface area (TPSA) is 96.1 Å². The minimum Gasteiger partial charge on any atom is -0.496 e. The number of pyridine rings is 1. The van der Waals surface area contributed by atoms with E-state index in [-0.39, 0.29) is 45.2 Å². The second kappa shape index (κ2) is 11.5. The van der Waals surface area contributed by atoms with Gasteiger partial charge in [-0.2, -0.15) is 23.5 Å². The smallest absolute Gasteiger partial charge is 0.433 e. The number of benzene rings is 1. The number of halogens is 3. The minimum atomic E-state index is -4.64. The first-order valence-corrected chi connectivity index (χ1v) is 13.1. The number of aromatic nitrogens is 3. The molecule has 1 aliphatic rings. The molecule has 0 aliphatic carbocycles. The third-order valence-electron chi connectivity index (χ3n) is 5.88. The summed E-state index contributed by atoms with van der Waals surface area (Å²) in [6.45, 7) is 4.40. The number of thioether (sulfide) groups is 1. The summed E-state index contributed by atoms with van der Waals surface area (Å²) in [5, 5.41) is 16.9. The summed E-state index contributed by atoms with van der Waals surface area (Å²) in [4.78, 5) is 18.2. The molecule has 2 aromatic heterocycles. The quantitative estimate of drug-likeness (QED) is 0.228. The Balaban J connectivity index is 1.57. The summed E-state index contributed by atoms with van der Waals surface area (Å²) < 4.78 is 47.1. The van der Waals surface area contributed by atoms with Crippen molar-refractivity contribution in [3.63, 3.8) is 0 Å². The van der Waals surface area contributed by atoms with Gasteiger partial charge in [-0.15, -0.1) is 11.8 Å². The maximum absolute atomic E-state index is 13.3. The number of amides is 1. The van der Waals surface area contributed by atoms with Gasteiger partial charge in [-0.05, 0) is 61.5 Å². The zero-order valence-electron chi connectivity index (χ0n) is 21.2. The van der Waals surface area contributed by atoms with Gasteiger partial charge in [-0.25, -0.2) is 4.98 Å².